The molecule has 0 spiro atoms. The van der Waals surface area contributed by atoms with Crippen LogP contribution < -0.4 is 21.1 Å². The molecule has 0 fully saturated rings. The van der Waals surface area contributed by atoms with E-state index in [9.17, 15) is 14.4 Å². The number of nitrogens with one attached hydrogen (secondary N) is 2. The fraction of sp³-hybridized carbons (Fsp3) is 0.286. The minimum Gasteiger partial charge on any atom is -0.469 e. The molecule has 4 rings (SSSR count). The zero-order chi connectivity index (χ0) is 20.5. The molecule has 0 aromatic heterocycles. The zero-order valence-electron chi connectivity index (χ0n) is 15.9. The van der Waals surface area contributed by atoms with Gasteiger partial charge in [0.25, 0.3) is 5.91 Å². The molecule has 29 heavy (non-hydrogen) atoms. The molecular weight excluding hydrogens is 374 g/mol. The summed E-state index contributed by atoms with van der Waals surface area (Å²) in [6.45, 7) is 0. The number of fused-ring (bicyclic) bond motifs is 2. The molecule has 4 N–H and O–H groups in total. The molecule has 2 aliphatic rings. The molecule has 2 aromatic rings. The van der Waals surface area contributed by atoms with Crippen LogP contribution in [0.3, 0.4) is 0 Å². The minimum absolute atomic E-state index is 0.205. The summed E-state index contributed by atoms with van der Waals surface area (Å²) >= 11 is 0. The molecule has 8 nitrogen and oxygen atoms in total. The Hall–Kier alpha value is -3.55. The highest BCUT2D eigenvalue weighted by Gasteiger charge is 2.31. The number of ether oxygens (including phenoxy) is 2. The molecule has 1 atom stereocenters. The van der Waals surface area contributed by atoms with Gasteiger partial charge in [-0.25, -0.2) is 0 Å². The van der Waals surface area contributed by atoms with Gasteiger partial charge in [0.15, 0.2) is 5.75 Å². The van der Waals surface area contributed by atoms with E-state index >= 15 is 0 Å². The number of hydrogen-bond donors (Lipinski definition) is 3. The Bertz CT molecular complexity index is 1020. The monoisotopic (exact) mass is 395 g/mol. The number of rotatable bonds is 4. The van der Waals surface area contributed by atoms with Gasteiger partial charge in [-0.1, -0.05) is 6.07 Å². The maximum atomic E-state index is 12.6. The van der Waals surface area contributed by atoms with Crippen LogP contribution in [0.25, 0.3) is 0 Å². The van der Waals surface area contributed by atoms with Gasteiger partial charge in [0.1, 0.15) is 11.8 Å². The van der Waals surface area contributed by atoms with Crippen molar-refractivity contribution in [2.75, 3.05) is 18.2 Å². The average Bonchev–Trinajstić information content (AvgIpc) is 3.12. The molecule has 1 heterocycles. The smallest absolute Gasteiger partial charge is 0.308 e. The van der Waals surface area contributed by atoms with Gasteiger partial charge in [0.2, 0.25) is 5.91 Å². The molecule has 0 saturated heterocycles. The third-order valence-electron chi connectivity index (χ3n) is 5.17. The Labute approximate surface area is 167 Å². The topological polar surface area (TPSA) is 120 Å². The molecule has 2 aromatic carbocycles. The number of benzene rings is 2. The van der Waals surface area contributed by atoms with Gasteiger partial charge in [0.05, 0.1) is 30.5 Å². The molecule has 1 aliphatic carbocycles. The number of anilines is 2. The number of carbonyl (C=O) groups is 3. The first-order chi connectivity index (χ1) is 13.9. The predicted octanol–water partition coefficient (Wildman–Crippen LogP) is 2.16. The maximum Gasteiger partial charge on any atom is 0.308 e. The van der Waals surface area contributed by atoms with Crippen molar-refractivity contribution in [1.29, 1.82) is 0 Å². The fourth-order valence-electron chi connectivity index (χ4n) is 3.63. The number of nitrogens with two attached hydrogens (primary N) is 1. The van der Waals surface area contributed by atoms with Crippen LogP contribution in [0.1, 0.15) is 34.3 Å². The van der Waals surface area contributed by atoms with Crippen molar-refractivity contribution in [3.8, 4) is 11.5 Å². The molecule has 0 radical (unpaired) electrons. The van der Waals surface area contributed by atoms with Crippen molar-refractivity contribution in [3.63, 3.8) is 0 Å². The lowest BCUT2D eigenvalue weighted by molar-refractivity contribution is -0.142. The summed E-state index contributed by atoms with van der Waals surface area (Å²) in [6, 6.07) is 7.85. The van der Waals surface area contributed by atoms with Gasteiger partial charge in [0, 0.05) is 0 Å². The van der Waals surface area contributed by atoms with Crippen LogP contribution in [0.5, 0.6) is 11.5 Å². The van der Waals surface area contributed by atoms with Crippen molar-refractivity contribution in [2.24, 2.45) is 0 Å². The van der Waals surface area contributed by atoms with E-state index in [1.54, 1.807) is 0 Å². The SMILES string of the molecule is COC(=O)C[C@@H]1NC(=O)c2cc(Oc3ccc4c(c3)CCC4)c(N)cc2NC1=O. The first-order valence-corrected chi connectivity index (χ1v) is 9.36. The van der Waals surface area contributed by atoms with E-state index in [-0.39, 0.29) is 23.4 Å². The second-order valence-electron chi connectivity index (χ2n) is 7.12. The Morgan fingerprint density at radius 2 is 1.97 bits per heavy atom. The summed E-state index contributed by atoms with van der Waals surface area (Å²) in [7, 11) is 1.22. The number of aryl methyl sites for hydroxylation is 2. The van der Waals surface area contributed by atoms with Gasteiger partial charge in [-0.15, -0.1) is 0 Å². The fourth-order valence-corrected chi connectivity index (χ4v) is 3.63. The zero-order valence-corrected chi connectivity index (χ0v) is 15.9. The molecule has 8 heteroatoms. The number of carbonyl (C=O) groups excluding carboxylic acids is 3. The number of amides is 2. The molecule has 0 unspecified atom stereocenters. The maximum absolute atomic E-state index is 12.6. The van der Waals surface area contributed by atoms with Crippen molar-refractivity contribution in [1.82, 2.24) is 5.32 Å². The number of esters is 1. The van der Waals surface area contributed by atoms with Crippen LogP contribution in [0.2, 0.25) is 0 Å². The third-order valence-corrected chi connectivity index (χ3v) is 5.17. The second kappa shape index (κ2) is 7.46. The molecule has 0 bridgehead atoms. The van der Waals surface area contributed by atoms with Gasteiger partial charge in [-0.2, -0.15) is 0 Å². The molecular formula is C21H21N3O5. The average molecular weight is 395 g/mol. The molecule has 2 amide bonds. The van der Waals surface area contributed by atoms with Crippen LogP contribution in [-0.4, -0.2) is 30.9 Å². The number of nitrogen functional groups attached to an aromatic ring is 1. The van der Waals surface area contributed by atoms with Crippen molar-refractivity contribution in [2.45, 2.75) is 31.7 Å². The van der Waals surface area contributed by atoms with Crippen LogP contribution in [0.4, 0.5) is 11.4 Å². The normalized spacial score (nSPS) is 17.5. The summed E-state index contributed by atoms with van der Waals surface area (Å²) in [5.41, 5.74) is 9.43. The van der Waals surface area contributed by atoms with E-state index in [0.29, 0.717) is 11.5 Å². The van der Waals surface area contributed by atoms with Gasteiger partial charge < -0.3 is 25.8 Å². The van der Waals surface area contributed by atoms with Crippen molar-refractivity contribution < 1.29 is 23.9 Å². The van der Waals surface area contributed by atoms with Crippen LogP contribution in [-0.2, 0) is 27.2 Å². The van der Waals surface area contributed by atoms with E-state index < -0.39 is 23.8 Å². The lowest BCUT2D eigenvalue weighted by Gasteiger charge is -2.13. The summed E-state index contributed by atoms with van der Waals surface area (Å²) in [5.74, 6) is -0.673. The Kier molecular flexibility index (Phi) is 4.84. The van der Waals surface area contributed by atoms with Crippen LogP contribution >= 0.6 is 0 Å². The van der Waals surface area contributed by atoms with Gasteiger partial charge in [-0.3, -0.25) is 14.4 Å². The second-order valence-corrected chi connectivity index (χ2v) is 7.12. The van der Waals surface area contributed by atoms with Crippen LogP contribution in [0.15, 0.2) is 30.3 Å². The Morgan fingerprint density at radius 3 is 2.76 bits per heavy atom. The standard InChI is InChI=1S/C21H21N3O5/c1-28-19(25)10-17-21(27)23-16-9-15(22)18(8-14(16)20(26)24-17)29-13-6-5-11-3-2-4-12(11)7-13/h5-9,17H,2-4,10,22H2,1H3,(H,23,27)(H,24,26)/t17-/m0/s1. The summed E-state index contributed by atoms with van der Waals surface area (Å²) in [6.07, 6.45) is 2.95. The van der Waals surface area contributed by atoms with E-state index in [4.69, 9.17) is 10.5 Å². The predicted molar refractivity (Wildman–Crippen MR) is 106 cm³/mol. The lowest BCUT2D eigenvalue weighted by Crippen LogP contribution is -2.42. The molecule has 150 valence electrons. The third kappa shape index (κ3) is 3.73. The quantitative estimate of drug-likeness (QED) is 0.539. The number of hydrogen-bond acceptors (Lipinski definition) is 6. The van der Waals surface area contributed by atoms with Gasteiger partial charge >= 0.3 is 5.97 Å². The van der Waals surface area contributed by atoms with E-state index in [1.807, 2.05) is 18.2 Å². The molecule has 0 saturated carbocycles. The highest BCUT2D eigenvalue weighted by molar-refractivity contribution is 6.11. The Morgan fingerprint density at radius 1 is 1.17 bits per heavy atom. The summed E-state index contributed by atoms with van der Waals surface area (Å²) in [5, 5.41) is 5.18. The summed E-state index contributed by atoms with van der Waals surface area (Å²) < 4.78 is 10.5. The van der Waals surface area contributed by atoms with E-state index in [1.165, 1.54) is 30.4 Å². The number of methoxy groups -OCH3 is 1. The first-order valence-electron chi connectivity index (χ1n) is 9.36. The largest absolute Gasteiger partial charge is 0.469 e. The van der Waals surface area contributed by atoms with Crippen molar-refractivity contribution in [3.05, 3.63) is 47.0 Å². The highest BCUT2D eigenvalue weighted by Crippen LogP contribution is 2.35. The van der Waals surface area contributed by atoms with Gasteiger partial charge in [-0.05, 0) is 54.7 Å². The van der Waals surface area contributed by atoms with E-state index in [2.05, 4.69) is 15.4 Å². The van der Waals surface area contributed by atoms with Crippen LogP contribution in [0, 0.1) is 0 Å². The Balaban J connectivity index is 1.61. The minimum atomic E-state index is -1.04. The summed E-state index contributed by atoms with van der Waals surface area (Å²) in [4.78, 5) is 36.5. The highest BCUT2D eigenvalue weighted by atomic mass is 16.5. The van der Waals surface area contributed by atoms with Crippen molar-refractivity contribution >= 4 is 29.2 Å². The lowest BCUT2D eigenvalue weighted by atomic mass is 10.1. The van der Waals surface area contributed by atoms with E-state index in [0.717, 1.165) is 19.3 Å². The molecule has 1 aliphatic heterocycles. The first kappa shape index (κ1) is 18.8.